The molecule has 2 aliphatic heterocycles. The van der Waals surface area contributed by atoms with E-state index in [-0.39, 0.29) is 18.2 Å². The second kappa shape index (κ2) is 6.48. The summed E-state index contributed by atoms with van der Waals surface area (Å²) in [5.41, 5.74) is 2.22. The number of imide groups is 1. The Morgan fingerprint density at radius 1 is 1.23 bits per heavy atom. The van der Waals surface area contributed by atoms with Gasteiger partial charge < -0.3 is 4.90 Å². The summed E-state index contributed by atoms with van der Waals surface area (Å²) in [4.78, 5) is 37.0. The van der Waals surface area contributed by atoms with Gasteiger partial charge >= 0.3 is 0 Å². The van der Waals surface area contributed by atoms with Crippen molar-refractivity contribution in [3.63, 3.8) is 0 Å². The lowest BCUT2D eigenvalue weighted by atomic mass is 10.0. The molecule has 2 heterocycles. The van der Waals surface area contributed by atoms with Crippen LogP contribution in [0.2, 0.25) is 5.02 Å². The molecule has 3 amide bonds. The molecule has 0 spiro atoms. The number of amides is 3. The fraction of sp³-hybridized carbons (Fsp3) is 0.438. The number of carbonyl (C=O) groups excluding carboxylic acids is 3. The van der Waals surface area contributed by atoms with Crippen molar-refractivity contribution in [2.45, 2.75) is 46.2 Å². The van der Waals surface area contributed by atoms with E-state index in [9.17, 15) is 14.4 Å². The fourth-order valence-corrected chi connectivity index (χ4v) is 3.09. The van der Waals surface area contributed by atoms with Crippen molar-refractivity contribution in [3.8, 4) is 0 Å². The van der Waals surface area contributed by atoms with Crippen molar-refractivity contribution in [2.75, 3.05) is 0 Å². The number of hydrogen-bond acceptors (Lipinski definition) is 3. The third-order valence-corrected chi connectivity index (χ3v) is 4.08. The van der Waals surface area contributed by atoms with Gasteiger partial charge in [-0.05, 0) is 31.0 Å². The SMILES string of the molecule is CC.Cc1cc(Cl)c2c(c1)C(=O)N(C1CCC(=O)NC1=O)C2. The normalized spacial score (nSPS) is 20.3. The number of piperidine rings is 1. The van der Waals surface area contributed by atoms with E-state index in [0.29, 0.717) is 23.6 Å². The van der Waals surface area contributed by atoms with Gasteiger partial charge in [0.25, 0.3) is 5.91 Å². The third-order valence-electron chi connectivity index (χ3n) is 3.75. The number of aryl methyl sites for hydroxylation is 1. The average Bonchev–Trinajstić information content (AvgIpc) is 2.79. The predicted octanol–water partition coefficient (Wildman–Crippen LogP) is 2.44. The molecule has 5 nitrogen and oxygen atoms in total. The Bertz CT molecular complexity index is 643. The standard InChI is InChI=1S/C14H13ClN2O3.C2H6/c1-7-4-8-9(10(15)5-7)6-17(14(8)20)11-2-3-12(18)16-13(11)19;1-2/h4-5,11H,2-3,6H2,1H3,(H,16,18,19);1-2H3. The Morgan fingerprint density at radius 3 is 2.55 bits per heavy atom. The van der Waals surface area contributed by atoms with Crippen LogP contribution in [-0.2, 0) is 16.1 Å². The molecule has 2 aliphatic rings. The molecular formula is C16H19ClN2O3. The number of benzene rings is 1. The first-order chi connectivity index (χ1) is 10.5. The predicted molar refractivity (Wildman–Crippen MR) is 83.6 cm³/mol. The van der Waals surface area contributed by atoms with Crippen LogP contribution in [-0.4, -0.2) is 28.7 Å². The van der Waals surface area contributed by atoms with E-state index in [4.69, 9.17) is 11.6 Å². The van der Waals surface area contributed by atoms with E-state index in [1.54, 1.807) is 6.07 Å². The third kappa shape index (κ3) is 2.86. The summed E-state index contributed by atoms with van der Waals surface area (Å²) in [7, 11) is 0. The lowest BCUT2D eigenvalue weighted by molar-refractivity contribution is -0.136. The number of rotatable bonds is 1. The van der Waals surface area contributed by atoms with Crippen molar-refractivity contribution in [3.05, 3.63) is 33.8 Å². The van der Waals surface area contributed by atoms with Crippen molar-refractivity contribution in [2.24, 2.45) is 0 Å². The monoisotopic (exact) mass is 322 g/mol. The van der Waals surface area contributed by atoms with Crippen LogP contribution in [0.4, 0.5) is 0 Å². The van der Waals surface area contributed by atoms with E-state index >= 15 is 0 Å². The van der Waals surface area contributed by atoms with Crippen LogP contribution in [0.25, 0.3) is 0 Å². The van der Waals surface area contributed by atoms with Crippen LogP contribution >= 0.6 is 11.6 Å². The molecule has 118 valence electrons. The molecule has 0 radical (unpaired) electrons. The van der Waals surface area contributed by atoms with Crippen LogP contribution in [0.15, 0.2) is 12.1 Å². The highest BCUT2D eigenvalue weighted by Crippen LogP contribution is 2.32. The lowest BCUT2D eigenvalue weighted by Crippen LogP contribution is -2.52. The van der Waals surface area contributed by atoms with Crippen molar-refractivity contribution in [1.29, 1.82) is 0 Å². The highest BCUT2D eigenvalue weighted by atomic mass is 35.5. The minimum absolute atomic E-state index is 0.194. The van der Waals surface area contributed by atoms with Gasteiger partial charge in [-0.2, -0.15) is 0 Å². The first-order valence-corrected chi connectivity index (χ1v) is 7.79. The van der Waals surface area contributed by atoms with E-state index in [1.807, 2.05) is 26.8 Å². The minimum Gasteiger partial charge on any atom is -0.322 e. The molecule has 1 aromatic rings. The first kappa shape index (κ1) is 16.5. The lowest BCUT2D eigenvalue weighted by Gasteiger charge is -2.29. The molecule has 3 rings (SSSR count). The molecule has 1 atom stereocenters. The molecule has 1 aromatic carbocycles. The second-order valence-electron chi connectivity index (χ2n) is 5.17. The molecule has 1 unspecified atom stereocenters. The van der Waals surface area contributed by atoms with Gasteiger partial charge in [0.1, 0.15) is 6.04 Å². The second-order valence-corrected chi connectivity index (χ2v) is 5.58. The molecule has 1 saturated heterocycles. The number of nitrogens with zero attached hydrogens (tertiary/aromatic N) is 1. The molecule has 22 heavy (non-hydrogen) atoms. The summed E-state index contributed by atoms with van der Waals surface area (Å²) in [6, 6.07) is 3.00. The Balaban J connectivity index is 0.000000847. The molecule has 0 aliphatic carbocycles. The maximum Gasteiger partial charge on any atom is 0.255 e. The Labute approximate surface area is 134 Å². The molecule has 1 N–H and O–H groups in total. The van der Waals surface area contributed by atoms with Gasteiger partial charge in [0.2, 0.25) is 11.8 Å². The summed E-state index contributed by atoms with van der Waals surface area (Å²) in [5, 5.41) is 2.82. The van der Waals surface area contributed by atoms with Crippen LogP contribution in [0.3, 0.4) is 0 Å². The Morgan fingerprint density at radius 2 is 1.91 bits per heavy atom. The molecule has 0 bridgehead atoms. The van der Waals surface area contributed by atoms with Crippen LogP contribution in [0.1, 0.15) is 48.2 Å². The summed E-state index contributed by atoms with van der Waals surface area (Å²) in [5.74, 6) is -0.889. The zero-order chi connectivity index (χ0) is 16.4. The smallest absolute Gasteiger partial charge is 0.255 e. The van der Waals surface area contributed by atoms with Gasteiger partial charge in [0.15, 0.2) is 0 Å². The summed E-state index contributed by atoms with van der Waals surface area (Å²) in [6.07, 6.45) is 0.615. The van der Waals surface area contributed by atoms with Gasteiger partial charge in [0.05, 0.1) is 0 Å². The number of hydrogen-bond donors (Lipinski definition) is 1. The zero-order valence-electron chi connectivity index (χ0n) is 12.9. The molecular weight excluding hydrogens is 304 g/mol. The number of carbonyl (C=O) groups is 3. The number of nitrogens with one attached hydrogen (secondary N) is 1. The Hall–Kier alpha value is -1.88. The summed E-state index contributed by atoms with van der Waals surface area (Å²) < 4.78 is 0. The molecule has 1 fully saturated rings. The van der Waals surface area contributed by atoms with Crippen LogP contribution in [0, 0.1) is 6.92 Å². The largest absolute Gasteiger partial charge is 0.322 e. The zero-order valence-corrected chi connectivity index (χ0v) is 13.7. The molecule has 0 aromatic heterocycles. The van der Waals surface area contributed by atoms with E-state index in [1.165, 1.54) is 4.90 Å². The Kier molecular flexibility index (Phi) is 4.86. The number of fused-ring (bicyclic) bond motifs is 1. The quantitative estimate of drug-likeness (QED) is 0.808. The maximum absolute atomic E-state index is 12.4. The van der Waals surface area contributed by atoms with Crippen molar-refractivity contribution in [1.82, 2.24) is 10.2 Å². The highest BCUT2D eigenvalue weighted by molar-refractivity contribution is 6.32. The van der Waals surface area contributed by atoms with Crippen LogP contribution in [0.5, 0.6) is 0 Å². The summed E-state index contributed by atoms with van der Waals surface area (Å²) >= 11 is 6.17. The van der Waals surface area contributed by atoms with Gasteiger partial charge in [-0.1, -0.05) is 25.4 Å². The van der Waals surface area contributed by atoms with Gasteiger partial charge in [-0.3, -0.25) is 19.7 Å². The van der Waals surface area contributed by atoms with E-state index in [2.05, 4.69) is 5.32 Å². The maximum atomic E-state index is 12.4. The highest BCUT2D eigenvalue weighted by Gasteiger charge is 2.39. The van der Waals surface area contributed by atoms with E-state index < -0.39 is 11.9 Å². The molecule has 0 saturated carbocycles. The van der Waals surface area contributed by atoms with Crippen molar-refractivity contribution >= 4 is 29.3 Å². The summed E-state index contributed by atoms with van der Waals surface area (Å²) in [6.45, 7) is 6.19. The van der Waals surface area contributed by atoms with Crippen LogP contribution < -0.4 is 5.32 Å². The van der Waals surface area contributed by atoms with Gasteiger partial charge in [-0.15, -0.1) is 0 Å². The number of halogens is 1. The topological polar surface area (TPSA) is 66.5 Å². The average molecular weight is 323 g/mol. The first-order valence-electron chi connectivity index (χ1n) is 7.41. The van der Waals surface area contributed by atoms with E-state index in [0.717, 1.165) is 11.1 Å². The minimum atomic E-state index is -0.594. The fourth-order valence-electron chi connectivity index (χ4n) is 2.75. The van der Waals surface area contributed by atoms with Crippen molar-refractivity contribution < 1.29 is 14.4 Å². The molecule has 6 heteroatoms. The van der Waals surface area contributed by atoms with Gasteiger partial charge in [-0.25, -0.2) is 0 Å². The van der Waals surface area contributed by atoms with Gasteiger partial charge in [0, 0.05) is 29.1 Å².